The molecule has 0 saturated carbocycles. The molecular weight excluding hydrogens is 460 g/mol. The van der Waals surface area contributed by atoms with Gasteiger partial charge in [-0.25, -0.2) is 8.42 Å². The third-order valence-electron chi connectivity index (χ3n) is 5.64. The van der Waals surface area contributed by atoms with E-state index in [1.807, 2.05) is 12.1 Å². The SMILES string of the molecule is COc1ccc(S(=O)(=O)N2CCN(C(=O)COc3ccc(CCC(C)=O)cc3)CC2)cc1OC. The highest BCUT2D eigenvalue weighted by Gasteiger charge is 2.31. The van der Waals surface area contributed by atoms with Crippen molar-refractivity contribution in [3.05, 3.63) is 48.0 Å². The van der Waals surface area contributed by atoms with Gasteiger partial charge in [-0.2, -0.15) is 4.31 Å². The van der Waals surface area contributed by atoms with Crippen LogP contribution in [0.1, 0.15) is 18.9 Å². The van der Waals surface area contributed by atoms with Crippen LogP contribution in [0.3, 0.4) is 0 Å². The molecular formula is C24H30N2O7S. The zero-order chi connectivity index (χ0) is 24.7. The van der Waals surface area contributed by atoms with E-state index in [0.717, 1.165) is 5.56 Å². The van der Waals surface area contributed by atoms with Crippen LogP contribution in [0.5, 0.6) is 17.2 Å². The Kier molecular flexibility index (Phi) is 8.51. The van der Waals surface area contributed by atoms with Crippen molar-refractivity contribution in [1.82, 2.24) is 9.21 Å². The number of rotatable bonds is 10. The first-order chi connectivity index (χ1) is 16.2. The van der Waals surface area contributed by atoms with Crippen molar-refractivity contribution in [2.24, 2.45) is 0 Å². The number of carbonyl (C=O) groups excluding carboxylic acids is 2. The highest BCUT2D eigenvalue weighted by Crippen LogP contribution is 2.31. The summed E-state index contributed by atoms with van der Waals surface area (Å²) in [6, 6.07) is 11.8. The summed E-state index contributed by atoms with van der Waals surface area (Å²) in [4.78, 5) is 25.4. The summed E-state index contributed by atoms with van der Waals surface area (Å²) in [5.41, 5.74) is 1.03. The summed E-state index contributed by atoms with van der Waals surface area (Å²) >= 11 is 0. The van der Waals surface area contributed by atoms with E-state index in [2.05, 4.69) is 0 Å². The fourth-order valence-electron chi connectivity index (χ4n) is 3.61. The van der Waals surface area contributed by atoms with Crippen molar-refractivity contribution in [1.29, 1.82) is 0 Å². The number of ether oxygens (including phenoxy) is 3. The molecule has 0 radical (unpaired) electrons. The zero-order valence-corrected chi connectivity index (χ0v) is 20.5. The van der Waals surface area contributed by atoms with Crippen LogP contribution in [0, 0.1) is 0 Å². The minimum absolute atomic E-state index is 0.111. The van der Waals surface area contributed by atoms with Gasteiger partial charge >= 0.3 is 0 Å². The second-order valence-electron chi connectivity index (χ2n) is 7.94. The molecule has 3 rings (SSSR count). The number of hydrogen-bond donors (Lipinski definition) is 0. The Morgan fingerprint density at radius 3 is 2.15 bits per heavy atom. The molecule has 1 amide bonds. The van der Waals surface area contributed by atoms with E-state index in [9.17, 15) is 18.0 Å². The molecule has 1 aliphatic heterocycles. The first-order valence-corrected chi connectivity index (χ1v) is 12.4. The van der Waals surface area contributed by atoms with Gasteiger partial charge in [-0.3, -0.25) is 4.79 Å². The molecule has 1 fully saturated rings. The highest BCUT2D eigenvalue weighted by atomic mass is 32.2. The molecule has 0 N–H and O–H groups in total. The van der Waals surface area contributed by atoms with Gasteiger partial charge in [0.15, 0.2) is 18.1 Å². The zero-order valence-electron chi connectivity index (χ0n) is 19.7. The Hall–Kier alpha value is -3.11. The van der Waals surface area contributed by atoms with Crippen LogP contribution in [0.25, 0.3) is 0 Å². The van der Waals surface area contributed by atoms with Crippen molar-refractivity contribution < 1.29 is 32.2 Å². The van der Waals surface area contributed by atoms with Gasteiger partial charge in [-0.15, -0.1) is 0 Å². The van der Waals surface area contributed by atoms with Gasteiger partial charge in [-0.1, -0.05) is 12.1 Å². The maximum atomic E-state index is 13.0. The molecule has 0 aliphatic carbocycles. The predicted molar refractivity (Wildman–Crippen MR) is 126 cm³/mol. The van der Waals surface area contributed by atoms with Crippen LogP contribution < -0.4 is 14.2 Å². The largest absolute Gasteiger partial charge is 0.493 e. The Morgan fingerprint density at radius 2 is 1.56 bits per heavy atom. The Balaban J connectivity index is 1.52. The van der Waals surface area contributed by atoms with Crippen molar-refractivity contribution in [3.8, 4) is 17.2 Å². The van der Waals surface area contributed by atoms with Gasteiger partial charge in [0.05, 0.1) is 19.1 Å². The molecule has 1 saturated heterocycles. The Labute approximate surface area is 200 Å². The van der Waals surface area contributed by atoms with E-state index < -0.39 is 10.0 Å². The van der Waals surface area contributed by atoms with Crippen LogP contribution in [0.4, 0.5) is 0 Å². The topological polar surface area (TPSA) is 102 Å². The third kappa shape index (κ3) is 6.27. The average Bonchev–Trinajstić information content (AvgIpc) is 2.86. The van der Waals surface area contributed by atoms with Gasteiger partial charge in [0, 0.05) is 38.7 Å². The number of benzene rings is 2. The van der Waals surface area contributed by atoms with E-state index in [4.69, 9.17) is 14.2 Å². The van der Waals surface area contributed by atoms with E-state index in [1.54, 1.807) is 30.0 Å². The van der Waals surface area contributed by atoms with Gasteiger partial charge < -0.3 is 23.9 Å². The number of aryl methyl sites for hydroxylation is 1. The van der Waals surface area contributed by atoms with Crippen LogP contribution in [0.15, 0.2) is 47.4 Å². The normalized spacial score (nSPS) is 14.5. The van der Waals surface area contributed by atoms with Crippen LogP contribution >= 0.6 is 0 Å². The standard InChI is InChI=1S/C24H30N2O7S/c1-18(27)4-5-19-6-8-20(9-7-19)33-17-24(28)25-12-14-26(15-13-25)34(29,30)21-10-11-22(31-2)23(16-21)32-3/h6-11,16H,4-5,12-15,17H2,1-3H3. The average molecular weight is 491 g/mol. The highest BCUT2D eigenvalue weighted by molar-refractivity contribution is 7.89. The summed E-state index contributed by atoms with van der Waals surface area (Å²) in [5.74, 6) is 1.28. The fourth-order valence-corrected chi connectivity index (χ4v) is 5.05. The van der Waals surface area contributed by atoms with Crippen molar-refractivity contribution in [3.63, 3.8) is 0 Å². The number of carbonyl (C=O) groups is 2. The molecule has 184 valence electrons. The molecule has 2 aromatic carbocycles. The summed E-state index contributed by atoms with van der Waals surface area (Å²) in [7, 11) is -0.799. The second kappa shape index (κ2) is 11.3. The number of piperazine rings is 1. The molecule has 0 bridgehead atoms. The molecule has 0 atom stereocenters. The quantitative estimate of drug-likeness (QED) is 0.503. The van der Waals surface area contributed by atoms with Gasteiger partial charge in [0.25, 0.3) is 5.91 Å². The number of methoxy groups -OCH3 is 2. The molecule has 1 heterocycles. The molecule has 0 spiro atoms. The summed E-state index contributed by atoms with van der Waals surface area (Å²) in [5, 5.41) is 0. The van der Waals surface area contributed by atoms with Crippen LogP contribution in [-0.2, 0) is 26.0 Å². The number of amides is 1. The van der Waals surface area contributed by atoms with E-state index in [0.29, 0.717) is 30.1 Å². The molecule has 1 aliphatic rings. The molecule has 0 unspecified atom stereocenters. The first-order valence-electron chi connectivity index (χ1n) is 11.0. The van der Waals surface area contributed by atoms with Gasteiger partial charge in [0.2, 0.25) is 10.0 Å². The Bertz CT molecular complexity index is 1110. The fraction of sp³-hybridized carbons (Fsp3) is 0.417. The lowest BCUT2D eigenvalue weighted by molar-refractivity contribution is -0.134. The van der Waals surface area contributed by atoms with Crippen LogP contribution in [0.2, 0.25) is 0 Å². The van der Waals surface area contributed by atoms with Crippen LogP contribution in [-0.4, -0.2) is 76.3 Å². The summed E-state index contributed by atoms with van der Waals surface area (Å²) < 4.78 is 43.4. The molecule has 2 aromatic rings. The van der Waals surface area contributed by atoms with Crippen molar-refractivity contribution in [2.75, 3.05) is 47.0 Å². The maximum Gasteiger partial charge on any atom is 0.260 e. The van der Waals surface area contributed by atoms with Crippen molar-refractivity contribution >= 4 is 21.7 Å². The minimum Gasteiger partial charge on any atom is -0.493 e. The predicted octanol–water partition coefficient (Wildman–Crippen LogP) is 2.14. The molecule has 0 aromatic heterocycles. The first kappa shape index (κ1) is 25.5. The van der Waals surface area contributed by atoms with Crippen molar-refractivity contribution in [2.45, 2.75) is 24.7 Å². The van der Waals surface area contributed by atoms with E-state index in [1.165, 1.54) is 30.7 Å². The monoisotopic (exact) mass is 490 g/mol. The summed E-state index contributed by atoms with van der Waals surface area (Å²) in [6.45, 7) is 2.36. The number of ketones is 1. The number of sulfonamides is 1. The van der Waals surface area contributed by atoms with Gasteiger partial charge in [-0.05, 0) is 43.2 Å². The number of Topliss-reactive ketones (excluding diaryl/α,β-unsaturated/α-hetero) is 1. The second-order valence-corrected chi connectivity index (χ2v) is 9.87. The number of nitrogens with zero attached hydrogens (tertiary/aromatic N) is 2. The summed E-state index contributed by atoms with van der Waals surface area (Å²) in [6.07, 6.45) is 1.16. The Morgan fingerprint density at radius 1 is 0.912 bits per heavy atom. The van der Waals surface area contributed by atoms with Gasteiger partial charge in [0.1, 0.15) is 11.5 Å². The molecule has 10 heteroatoms. The molecule has 9 nitrogen and oxygen atoms in total. The lowest BCUT2D eigenvalue weighted by Crippen LogP contribution is -2.51. The van der Waals surface area contributed by atoms with E-state index in [-0.39, 0.29) is 49.4 Å². The lowest BCUT2D eigenvalue weighted by atomic mass is 10.1. The smallest absolute Gasteiger partial charge is 0.260 e. The maximum absolute atomic E-state index is 13.0. The minimum atomic E-state index is -3.73. The number of hydrogen-bond acceptors (Lipinski definition) is 7. The molecule has 34 heavy (non-hydrogen) atoms. The van der Waals surface area contributed by atoms with E-state index >= 15 is 0 Å². The third-order valence-corrected chi connectivity index (χ3v) is 7.53. The lowest BCUT2D eigenvalue weighted by Gasteiger charge is -2.34.